The van der Waals surface area contributed by atoms with Gasteiger partial charge >= 0.3 is 0 Å². The fourth-order valence-electron chi connectivity index (χ4n) is 9.57. The first-order valence-electron chi connectivity index (χ1n) is 22.6. The predicted octanol–water partition coefficient (Wildman–Crippen LogP) is 18.1. The number of benzene rings is 11. The average molecular weight is 842 g/mol. The summed E-state index contributed by atoms with van der Waals surface area (Å²) in [5.74, 6) is 1.78. The number of fused-ring (bicyclic) bond motifs is 2. The first-order valence-corrected chi connectivity index (χ1v) is 22.6. The van der Waals surface area contributed by atoms with Crippen molar-refractivity contribution in [3.8, 4) is 89.4 Å². The van der Waals surface area contributed by atoms with Crippen LogP contribution in [0.5, 0.6) is 11.5 Å². The number of hydrogen-bond donors (Lipinski definition) is 0. The third-order valence-corrected chi connectivity index (χ3v) is 12.9. The largest absolute Gasteiger partial charge is 0.456 e. The Hall–Kier alpha value is -8.72. The summed E-state index contributed by atoms with van der Waals surface area (Å²) < 4.78 is 6.38. The molecule has 0 atom stereocenters. The smallest absolute Gasteiger partial charge is 0.135 e. The molecule has 2 nitrogen and oxygen atoms in total. The molecule has 0 saturated carbocycles. The van der Waals surface area contributed by atoms with E-state index in [4.69, 9.17) is 4.74 Å². The van der Waals surface area contributed by atoms with Gasteiger partial charge in [-0.25, -0.2) is 0 Å². The van der Waals surface area contributed by atoms with Crippen molar-refractivity contribution in [2.45, 2.75) is 0 Å². The second kappa shape index (κ2) is 16.8. The van der Waals surface area contributed by atoms with Crippen molar-refractivity contribution in [1.29, 1.82) is 0 Å². The molecule has 11 aromatic rings. The van der Waals surface area contributed by atoms with Gasteiger partial charge in [-0.05, 0) is 144 Å². The Morgan fingerprint density at radius 2 is 0.682 bits per heavy atom. The number of ether oxygens (including phenoxy) is 1. The Balaban J connectivity index is 0.941. The highest BCUT2D eigenvalue weighted by Gasteiger charge is 2.22. The lowest BCUT2D eigenvalue weighted by molar-refractivity contribution is 0.487. The highest BCUT2D eigenvalue weighted by molar-refractivity contribution is 6.06. The van der Waals surface area contributed by atoms with Gasteiger partial charge in [-0.2, -0.15) is 0 Å². The van der Waals surface area contributed by atoms with Crippen molar-refractivity contribution in [3.63, 3.8) is 0 Å². The van der Waals surface area contributed by atoms with Crippen LogP contribution >= 0.6 is 0 Å². The van der Waals surface area contributed by atoms with Gasteiger partial charge in [0.15, 0.2) is 0 Å². The minimum atomic E-state index is 0.886. The van der Waals surface area contributed by atoms with Crippen molar-refractivity contribution in [3.05, 3.63) is 261 Å². The summed E-state index contributed by atoms with van der Waals surface area (Å²) in [6.07, 6.45) is 0. The minimum absolute atomic E-state index is 0.886. The van der Waals surface area contributed by atoms with Crippen molar-refractivity contribution >= 4 is 27.8 Å². The van der Waals surface area contributed by atoms with Gasteiger partial charge in [-0.15, -0.1) is 0 Å². The summed E-state index contributed by atoms with van der Waals surface area (Å²) >= 11 is 0. The Labute approximate surface area is 385 Å². The summed E-state index contributed by atoms with van der Waals surface area (Å²) in [6, 6.07) is 93.9. The van der Waals surface area contributed by atoms with Gasteiger partial charge in [0.05, 0.1) is 0 Å². The van der Waals surface area contributed by atoms with E-state index in [9.17, 15) is 0 Å². The highest BCUT2D eigenvalue weighted by atomic mass is 16.5. The Bertz CT molecular complexity index is 3510. The lowest BCUT2D eigenvalue weighted by Gasteiger charge is -2.27. The molecule has 0 spiro atoms. The fourth-order valence-corrected chi connectivity index (χ4v) is 9.57. The topological polar surface area (TPSA) is 12.5 Å². The van der Waals surface area contributed by atoms with E-state index in [0.29, 0.717) is 0 Å². The summed E-state index contributed by atoms with van der Waals surface area (Å²) in [7, 11) is 0. The molecule has 1 heterocycles. The van der Waals surface area contributed by atoms with Crippen molar-refractivity contribution in [1.82, 2.24) is 0 Å². The molecule has 11 aromatic carbocycles. The molecule has 0 N–H and O–H groups in total. The van der Waals surface area contributed by atoms with Crippen LogP contribution in [0.15, 0.2) is 261 Å². The highest BCUT2D eigenvalue weighted by Crippen LogP contribution is 2.48. The third-order valence-electron chi connectivity index (χ3n) is 12.9. The van der Waals surface area contributed by atoms with Gasteiger partial charge in [0.2, 0.25) is 0 Å². The van der Waals surface area contributed by atoms with E-state index in [1.165, 1.54) is 55.6 Å². The number of nitrogens with zero attached hydrogens (tertiary/aromatic N) is 1. The van der Waals surface area contributed by atoms with Crippen LogP contribution in [-0.2, 0) is 0 Å². The van der Waals surface area contributed by atoms with Crippen LogP contribution < -0.4 is 9.64 Å². The number of hydrogen-bond acceptors (Lipinski definition) is 2. The molecule has 0 bridgehead atoms. The standard InChI is InChI=1S/C64H43NO/c1-4-14-44(15-5-1)45-26-28-46(29-27-45)47-30-35-55(36-31-47)65(56-37-32-48(33-38-56)52-34-39-58(49-16-6-2-7-17-49)60(42-52)50-18-8-3-9-19-50)57-22-12-20-51(41-57)54-40-53-21-13-25-63-64(53)61(43-54)59-23-10-11-24-62(59)66-63/h1-43H. The van der Waals surface area contributed by atoms with Crippen LogP contribution in [0.3, 0.4) is 0 Å². The van der Waals surface area contributed by atoms with Crippen LogP contribution in [0.4, 0.5) is 17.1 Å². The molecule has 1 aliphatic heterocycles. The molecule has 0 fully saturated rings. The van der Waals surface area contributed by atoms with Crippen molar-refractivity contribution < 1.29 is 4.74 Å². The van der Waals surface area contributed by atoms with E-state index in [0.717, 1.165) is 61.6 Å². The quantitative estimate of drug-likeness (QED) is 0.144. The Kier molecular flexibility index (Phi) is 9.89. The molecule has 12 rings (SSSR count). The molecule has 2 heteroatoms. The molecule has 0 amide bonds. The molecule has 66 heavy (non-hydrogen) atoms. The fraction of sp³-hybridized carbons (Fsp3) is 0. The SMILES string of the molecule is c1ccc(-c2ccc(-c3ccc(N(c4ccc(-c5ccc(-c6ccccc6)c(-c6ccccc6)c5)cc4)c4cccc(-c5cc6c7c(cccc7c5)Oc5ccccc5-6)c4)cc3)cc2)cc1. The molecule has 1 aliphatic rings. The second-order valence-electron chi connectivity index (χ2n) is 16.9. The van der Waals surface area contributed by atoms with E-state index in [2.05, 4.69) is 260 Å². The summed E-state index contributed by atoms with van der Waals surface area (Å²) in [5.41, 5.74) is 19.8. The van der Waals surface area contributed by atoms with E-state index < -0.39 is 0 Å². The maximum atomic E-state index is 6.38. The van der Waals surface area contributed by atoms with Crippen LogP contribution in [0, 0.1) is 0 Å². The predicted molar refractivity (Wildman–Crippen MR) is 277 cm³/mol. The maximum Gasteiger partial charge on any atom is 0.135 e. The number of rotatable bonds is 9. The van der Waals surface area contributed by atoms with E-state index in [1.807, 2.05) is 6.07 Å². The molecule has 0 unspecified atom stereocenters. The Morgan fingerprint density at radius 3 is 1.33 bits per heavy atom. The zero-order valence-corrected chi connectivity index (χ0v) is 36.2. The minimum Gasteiger partial charge on any atom is -0.456 e. The van der Waals surface area contributed by atoms with Crippen molar-refractivity contribution in [2.75, 3.05) is 4.90 Å². The van der Waals surface area contributed by atoms with Gasteiger partial charge in [0, 0.05) is 28.0 Å². The molecular formula is C64H43NO. The zero-order valence-electron chi connectivity index (χ0n) is 36.2. The van der Waals surface area contributed by atoms with Gasteiger partial charge < -0.3 is 9.64 Å². The lowest BCUT2D eigenvalue weighted by Crippen LogP contribution is -2.10. The van der Waals surface area contributed by atoms with E-state index >= 15 is 0 Å². The number of para-hydroxylation sites is 1. The molecular weight excluding hydrogens is 799 g/mol. The van der Waals surface area contributed by atoms with Crippen LogP contribution in [-0.4, -0.2) is 0 Å². The van der Waals surface area contributed by atoms with E-state index in [1.54, 1.807) is 0 Å². The molecule has 0 radical (unpaired) electrons. The molecule has 0 aliphatic carbocycles. The monoisotopic (exact) mass is 841 g/mol. The van der Waals surface area contributed by atoms with Crippen molar-refractivity contribution in [2.24, 2.45) is 0 Å². The van der Waals surface area contributed by atoms with E-state index in [-0.39, 0.29) is 0 Å². The summed E-state index contributed by atoms with van der Waals surface area (Å²) in [5, 5.41) is 2.31. The maximum absolute atomic E-state index is 6.38. The number of anilines is 3. The van der Waals surface area contributed by atoms with Crippen LogP contribution in [0.1, 0.15) is 0 Å². The van der Waals surface area contributed by atoms with Gasteiger partial charge in [0.1, 0.15) is 11.5 Å². The molecule has 0 aromatic heterocycles. The first kappa shape index (κ1) is 38.9. The zero-order chi connectivity index (χ0) is 43.8. The van der Waals surface area contributed by atoms with Gasteiger partial charge in [0.25, 0.3) is 0 Å². The average Bonchev–Trinajstić information content (AvgIpc) is 3.40. The normalized spacial score (nSPS) is 11.5. The summed E-state index contributed by atoms with van der Waals surface area (Å²) in [6.45, 7) is 0. The second-order valence-corrected chi connectivity index (χ2v) is 16.9. The van der Waals surface area contributed by atoms with Gasteiger partial charge in [-0.1, -0.05) is 194 Å². The third kappa shape index (κ3) is 7.31. The first-order chi connectivity index (χ1) is 32.7. The van der Waals surface area contributed by atoms with Gasteiger partial charge in [-0.3, -0.25) is 0 Å². The van der Waals surface area contributed by atoms with Crippen LogP contribution in [0.25, 0.3) is 88.7 Å². The lowest BCUT2D eigenvalue weighted by atomic mass is 9.90. The van der Waals surface area contributed by atoms with Crippen LogP contribution in [0.2, 0.25) is 0 Å². The molecule has 310 valence electrons. The Morgan fingerprint density at radius 1 is 0.227 bits per heavy atom. The summed E-state index contributed by atoms with van der Waals surface area (Å²) in [4.78, 5) is 2.37. The molecule has 0 saturated heterocycles.